The van der Waals surface area contributed by atoms with Crippen LogP contribution in [0.2, 0.25) is 0 Å². The van der Waals surface area contributed by atoms with E-state index in [-0.39, 0.29) is 23.9 Å². The lowest BCUT2D eigenvalue weighted by molar-refractivity contribution is -0.151. The predicted molar refractivity (Wildman–Crippen MR) is 94.6 cm³/mol. The Bertz CT molecular complexity index is 393. The Morgan fingerprint density at radius 3 is 2.75 bits per heavy atom. The number of esters is 1. The minimum absolute atomic E-state index is 0.105. The van der Waals surface area contributed by atoms with Crippen molar-refractivity contribution in [2.45, 2.75) is 109 Å². The summed E-state index contributed by atoms with van der Waals surface area (Å²) in [5.74, 6) is 0.304. The first-order valence-corrected chi connectivity index (χ1v) is 10.0. The van der Waals surface area contributed by atoms with Gasteiger partial charge in [0.15, 0.2) is 0 Å². The molecule has 5 atom stereocenters. The topological polar surface area (TPSA) is 66.8 Å². The van der Waals surface area contributed by atoms with E-state index in [1.165, 1.54) is 0 Å². The molecule has 4 nitrogen and oxygen atoms in total. The number of hydrogen-bond acceptors (Lipinski definition) is 4. The first-order chi connectivity index (χ1) is 11.4. The van der Waals surface area contributed by atoms with Crippen LogP contribution in [0.5, 0.6) is 0 Å². The van der Waals surface area contributed by atoms with Gasteiger partial charge in [-0.3, -0.25) is 4.79 Å². The molecular weight excluding hydrogens is 304 g/mol. The first kappa shape index (κ1) is 19.7. The van der Waals surface area contributed by atoms with Crippen molar-refractivity contribution < 1.29 is 19.7 Å². The number of aliphatic hydroxyl groups excluding tert-OH is 1. The third kappa shape index (κ3) is 5.73. The lowest BCUT2D eigenvalue weighted by Gasteiger charge is -2.29. The third-order valence-corrected chi connectivity index (χ3v) is 6.03. The second kappa shape index (κ2) is 9.19. The van der Waals surface area contributed by atoms with E-state index < -0.39 is 11.7 Å². The smallest absolute Gasteiger partial charge is 0.306 e. The summed E-state index contributed by atoms with van der Waals surface area (Å²) in [6, 6.07) is 0. The fourth-order valence-corrected chi connectivity index (χ4v) is 4.50. The molecule has 2 rings (SSSR count). The van der Waals surface area contributed by atoms with Crippen molar-refractivity contribution in [2.24, 2.45) is 11.8 Å². The van der Waals surface area contributed by atoms with E-state index in [1.54, 1.807) is 0 Å². The Hall–Kier alpha value is -0.610. The summed E-state index contributed by atoms with van der Waals surface area (Å²) in [6.45, 7) is 4.09. The molecule has 4 heteroatoms. The molecule has 24 heavy (non-hydrogen) atoms. The Morgan fingerprint density at radius 1 is 1.21 bits per heavy atom. The number of carbonyl (C=O) groups is 1. The van der Waals surface area contributed by atoms with Crippen LogP contribution in [0.3, 0.4) is 0 Å². The molecule has 0 amide bonds. The summed E-state index contributed by atoms with van der Waals surface area (Å²) in [5, 5.41) is 21.1. The first-order valence-electron chi connectivity index (χ1n) is 10.0. The van der Waals surface area contributed by atoms with Gasteiger partial charge in [-0.1, -0.05) is 39.0 Å². The zero-order chi connectivity index (χ0) is 17.6. The molecule has 2 fully saturated rings. The molecule has 0 aromatic rings. The van der Waals surface area contributed by atoms with E-state index in [0.717, 1.165) is 64.2 Å². The van der Waals surface area contributed by atoms with Crippen LogP contribution in [0.4, 0.5) is 0 Å². The standard InChI is InChI=1S/C20H36O4/c1-3-4-8-12-20(2,23)13-11-15-16-9-6-5-7-10-19(22)24-18(16)14-17(15)21/h15-18,21,23H,3-14H2,1-2H3/t15-,16-,17-,18+,20?/m1/s1. The quantitative estimate of drug-likeness (QED) is 0.543. The van der Waals surface area contributed by atoms with Crippen LogP contribution in [0.1, 0.15) is 90.9 Å². The third-order valence-electron chi connectivity index (χ3n) is 6.03. The summed E-state index contributed by atoms with van der Waals surface area (Å²) >= 11 is 0. The Labute approximate surface area is 147 Å². The maximum absolute atomic E-state index is 11.9. The monoisotopic (exact) mass is 340 g/mol. The van der Waals surface area contributed by atoms with Crippen LogP contribution in [0.25, 0.3) is 0 Å². The number of aliphatic hydroxyl groups is 2. The van der Waals surface area contributed by atoms with Crippen LogP contribution in [0, 0.1) is 11.8 Å². The fraction of sp³-hybridized carbons (Fsp3) is 0.950. The molecule has 0 radical (unpaired) electrons. The van der Waals surface area contributed by atoms with Crippen LogP contribution in [0.15, 0.2) is 0 Å². The van der Waals surface area contributed by atoms with Gasteiger partial charge >= 0.3 is 5.97 Å². The van der Waals surface area contributed by atoms with Crippen molar-refractivity contribution in [2.75, 3.05) is 0 Å². The van der Waals surface area contributed by atoms with Gasteiger partial charge in [0.2, 0.25) is 0 Å². The summed E-state index contributed by atoms with van der Waals surface area (Å²) < 4.78 is 5.65. The highest BCUT2D eigenvalue weighted by Crippen LogP contribution is 2.42. The molecule has 1 heterocycles. The fourth-order valence-electron chi connectivity index (χ4n) is 4.50. The van der Waals surface area contributed by atoms with E-state index in [2.05, 4.69) is 6.92 Å². The summed E-state index contributed by atoms with van der Waals surface area (Å²) in [6.07, 6.45) is 10.4. The predicted octanol–water partition coefficient (Wildman–Crippen LogP) is 3.97. The van der Waals surface area contributed by atoms with Gasteiger partial charge in [0, 0.05) is 18.8 Å². The highest BCUT2D eigenvalue weighted by atomic mass is 16.5. The van der Waals surface area contributed by atoms with Gasteiger partial charge in [0.05, 0.1) is 11.7 Å². The maximum Gasteiger partial charge on any atom is 0.306 e. The molecule has 1 aliphatic carbocycles. The largest absolute Gasteiger partial charge is 0.462 e. The number of ether oxygens (including phenoxy) is 1. The molecule has 2 aliphatic rings. The van der Waals surface area contributed by atoms with E-state index in [9.17, 15) is 15.0 Å². The zero-order valence-electron chi connectivity index (χ0n) is 15.5. The molecule has 140 valence electrons. The van der Waals surface area contributed by atoms with E-state index in [4.69, 9.17) is 4.74 Å². The molecule has 2 N–H and O–H groups in total. The van der Waals surface area contributed by atoms with Crippen molar-refractivity contribution in [1.29, 1.82) is 0 Å². The second-order valence-corrected chi connectivity index (χ2v) is 8.25. The van der Waals surface area contributed by atoms with Gasteiger partial charge in [0.1, 0.15) is 6.10 Å². The van der Waals surface area contributed by atoms with Gasteiger partial charge in [-0.15, -0.1) is 0 Å². The molecule has 1 saturated heterocycles. The van der Waals surface area contributed by atoms with Crippen molar-refractivity contribution in [1.82, 2.24) is 0 Å². The van der Waals surface area contributed by atoms with Crippen molar-refractivity contribution in [3.63, 3.8) is 0 Å². The summed E-state index contributed by atoms with van der Waals surface area (Å²) in [7, 11) is 0. The Kier molecular flexibility index (Phi) is 7.55. The minimum Gasteiger partial charge on any atom is -0.462 e. The van der Waals surface area contributed by atoms with Crippen LogP contribution in [-0.2, 0) is 9.53 Å². The van der Waals surface area contributed by atoms with Crippen LogP contribution >= 0.6 is 0 Å². The van der Waals surface area contributed by atoms with Crippen molar-refractivity contribution in [3.8, 4) is 0 Å². The molecule has 0 aromatic carbocycles. The van der Waals surface area contributed by atoms with Gasteiger partial charge in [-0.05, 0) is 44.9 Å². The minimum atomic E-state index is -0.651. The average Bonchev–Trinajstić information content (AvgIpc) is 2.83. The molecule has 0 spiro atoms. The highest BCUT2D eigenvalue weighted by Gasteiger charge is 2.44. The molecular formula is C20H36O4. The molecule has 1 unspecified atom stereocenters. The van der Waals surface area contributed by atoms with Gasteiger partial charge in [0.25, 0.3) is 0 Å². The van der Waals surface area contributed by atoms with Crippen LogP contribution < -0.4 is 0 Å². The summed E-state index contributed by atoms with van der Waals surface area (Å²) in [5.41, 5.74) is -0.651. The zero-order valence-corrected chi connectivity index (χ0v) is 15.5. The molecule has 1 saturated carbocycles. The number of hydrogen-bond donors (Lipinski definition) is 2. The Balaban J connectivity index is 1.91. The lowest BCUT2D eigenvalue weighted by Crippen LogP contribution is -2.29. The number of carbonyl (C=O) groups excluding carboxylic acids is 1. The van der Waals surface area contributed by atoms with E-state index in [0.29, 0.717) is 12.8 Å². The van der Waals surface area contributed by atoms with Crippen LogP contribution in [-0.4, -0.2) is 34.0 Å². The average molecular weight is 341 g/mol. The lowest BCUT2D eigenvalue weighted by atomic mass is 9.82. The number of rotatable bonds is 7. The molecule has 0 bridgehead atoms. The molecule has 0 aromatic heterocycles. The second-order valence-electron chi connectivity index (χ2n) is 8.25. The number of unbranched alkanes of at least 4 members (excludes halogenated alkanes) is 2. The Morgan fingerprint density at radius 2 is 2.00 bits per heavy atom. The van der Waals surface area contributed by atoms with E-state index in [1.807, 2.05) is 6.92 Å². The highest BCUT2D eigenvalue weighted by molar-refractivity contribution is 5.69. The summed E-state index contributed by atoms with van der Waals surface area (Å²) in [4.78, 5) is 11.9. The van der Waals surface area contributed by atoms with Gasteiger partial charge < -0.3 is 14.9 Å². The molecule has 1 aliphatic heterocycles. The van der Waals surface area contributed by atoms with Crippen molar-refractivity contribution in [3.05, 3.63) is 0 Å². The SMILES string of the molecule is CCCCCC(C)(O)CC[C@@H]1[C@H]2CCCCCC(=O)O[C@H]2C[C@H]1O. The van der Waals surface area contributed by atoms with Crippen molar-refractivity contribution >= 4 is 5.97 Å². The maximum atomic E-state index is 11.9. The van der Waals surface area contributed by atoms with E-state index >= 15 is 0 Å². The van der Waals surface area contributed by atoms with Gasteiger partial charge in [-0.25, -0.2) is 0 Å². The van der Waals surface area contributed by atoms with Gasteiger partial charge in [-0.2, -0.15) is 0 Å². The number of fused-ring (bicyclic) bond motifs is 1. The normalized spacial score (nSPS) is 33.8.